The number of hydrogen-bond donors (Lipinski definition) is 0. The summed E-state index contributed by atoms with van der Waals surface area (Å²) in [6.45, 7) is 0. The highest BCUT2D eigenvalue weighted by Crippen LogP contribution is 2.51. The molecule has 1 aliphatic rings. The van der Waals surface area contributed by atoms with E-state index in [1.165, 1.54) is 22.0 Å². The molecule has 0 atom stereocenters. The molecular weight excluding hydrogens is 342 g/mol. The van der Waals surface area contributed by atoms with Gasteiger partial charge in [-0.2, -0.15) is 0 Å². The van der Waals surface area contributed by atoms with E-state index in [9.17, 15) is 0 Å². The minimum atomic E-state index is 0.0785. The molecule has 1 saturated carbocycles. The maximum atomic E-state index is 2.47. The van der Waals surface area contributed by atoms with E-state index in [2.05, 4.69) is 110 Å². The summed E-state index contributed by atoms with van der Waals surface area (Å²) in [6, 6.07) is 19.9. The number of aromatic nitrogens is 1. The summed E-state index contributed by atoms with van der Waals surface area (Å²) in [5.74, 6) is 0. The minimum absolute atomic E-state index is 0.0785. The number of hydrogen-bond acceptors (Lipinski definition) is 2. The van der Waals surface area contributed by atoms with Crippen LogP contribution in [-0.4, -0.2) is 42.6 Å². The molecule has 148 valence electrons. The Morgan fingerprint density at radius 3 is 1.86 bits per heavy atom. The molecular formula is C25H33N3. The molecule has 1 aromatic heterocycles. The predicted molar refractivity (Wildman–Crippen MR) is 119 cm³/mol. The van der Waals surface area contributed by atoms with E-state index in [0.717, 1.165) is 25.7 Å². The summed E-state index contributed by atoms with van der Waals surface area (Å²) in [6.07, 6.45) is 6.99. The zero-order valence-electron chi connectivity index (χ0n) is 17.9. The van der Waals surface area contributed by atoms with Gasteiger partial charge in [0.25, 0.3) is 0 Å². The molecule has 0 N–H and O–H groups in total. The van der Waals surface area contributed by atoms with Crippen molar-refractivity contribution < 1.29 is 0 Å². The van der Waals surface area contributed by atoms with Crippen LogP contribution in [-0.2, 0) is 18.1 Å². The summed E-state index contributed by atoms with van der Waals surface area (Å²) in [5.41, 5.74) is 4.45. The summed E-state index contributed by atoms with van der Waals surface area (Å²) >= 11 is 0. The maximum Gasteiger partial charge on any atom is 0.0481 e. The van der Waals surface area contributed by atoms with Crippen molar-refractivity contribution in [3.05, 3.63) is 71.9 Å². The van der Waals surface area contributed by atoms with E-state index in [1.807, 2.05) is 0 Å². The van der Waals surface area contributed by atoms with Crippen LogP contribution < -0.4 is 0 Å². The standard InChI is InChI=1S/C25H33N3/c1-26(2)24(20-11-7-6-8-12-20)15-17-25(18-16-24,27(3)4)22-19-28(5)23-14-10-9-13-21(22)23/h6-14,19H,15-18H2,1-5H3. The van der Waals surface area contributed by atoms with Gasteiger partial charge in [-0.1, -0.05) is 48.5 Å². The van der Waals surface area contributed by atoms with E-state index in [1.54, 1.807) is 0 Å². The van der Waals surface area contributed by atoms with Gasteiger partial charge < -0.3 is 4.57 Å². The highest BCUT2D eigenvalue weighted by atomic mass is 15.2. The molecule has 0 amide bonds. The van der Waals surface area contributed by atoms with Gasteiger partial charge in [0.15, 0.2) is 0 Å². The lowest BCUT2D eigenvalue weighted by atomic mass is 9.66. The SMILES string of the molecule is CN(C)C1(c2ccccc2)CCC(c2cn(C)c3ccccc23)(N(C)C)CC1. The smallest absolute Gasteiger partial charge is 0.0481 e. The quantitative estimate of drug-likeness (QED) is 0.638. The number of para-hydroxylation sites is 1. The lowest BCUT2D eigenvalue weighted by Gasteiger charge is -2.52. The molecule has 1 fully saturated rings. The first-order chi connectivity index (χ1) is 13.4. The average Bonchev–Trinajstić information content (AvgIpc) is 3.06. The molecule has 0 radical (unpaired) electrons. The molecule has 1 heterocycles. The molecule has 0 spiro atoms. The van der Waals surface area contributed by atoms with Gasteiger partial charge in [-0.3, -0.25) is 9.80 Å². The van der Waals surface area contributed by atoms with E-state index >= 15 is 0 Å². The molecule has 0 unspecified atom stereocenters. The van der Waals surface area contributed by atoms with Gasteiger partial charge in [-0.15, -0.1) is 0 Å². The largest absolute Gasteiger partial charge is 0.350 e. The highest BCUT2D eigenvalue weighted by molar-refractivity contribution is 5.85. The van der Waals surface area contributed by atoms with E-state index < -0.39 is 0 Å². The van der Waals surface area contributed by atoms with Crippen LogP contribution in [0.5, 0.6) is 0 Å². The third kappa shape index (κ3) is 2.80. The Kier molecular flexibility index (Phi) is 4.84. The van der Waals surface area contributed by atoms with Gasteiger partial charge in [-0.05, 0) is 71.1 Å². The normalized spacial score (nSPS) is 25.7. The summed E-state index contributed by atoms with van der Waals surface area (Å²) in [7, 11) is 11.2. The minimum Gasteiger partial charge on any atom is -0.350 e. The third-order valence-electron chi connectivity index (χ3n) is 7.33. The van der Waals surface area contributed by atoms with E-state index in [0.29, 0.717) is 0 Å². The second kappa shape index (κ2) is 7.06. The zero-order valence-corrected chi connectivity index (χ0v) is 17.9. The number of aryl methyl sites for hydroxylation is 1. The van der Waals surface area contributed by atoms with Crippen LogP contribution in [0.1, 0.15) is 36.8 Å². The fourth-order valence-corrected chi connectivity index (χ4v) is 5.49. The number of benzene rings is 2. The van der Waals surface area contributed by atoms with Gasteiger partial charge in [0.1, 0.15) is 0 Å². The van der Waals surface area contributed by atoms with Gasteiger partial charge >= 0.3 is 0 Å². The van der Waals surface area contributed by atoms with Gasteiger partial charge in [-0.25, -0.2) is 0 Å². The fraction of sp³-hybridized carbons (Fsp3) is 0.440. The molecule has 3 aromatic rings. The van der Waals surface area contributed by atoms with E-state index in [4.69, 9.17) is 0 Å². The molecule has 0 aliphatic heterocycles. The van der Waals surface area contributed by atoms with Crippen molar-refractivity contribution in [1.82, 2.24) is 14.4 Å². The fourth-order valence-electron chi connectivity index (χ4n) is 5.49. The Morgan fingerprint density at radius 2 is 1.25 bits per heavy atom. The summed E-state index contributed by atoms with van der Waals surface area (Å²) in [4.78, 5) is 4.92. The van der Waals surface area contributed by atoms with Crippen molar-refractivity contribution in [1.29, 1.82) is 0 Å². The van der Waals surface area contributed by atoms with Gasteiger partial charge in [0.2, 0.25) is 0 Å². The van der Waals surface area contributed by atoms with Crippen LogP contribution in [0.3, 0.4) is 0 Å². The maximum absolute atomic E-state index is 2.47. The molecule has 1 aliphatic carbocycles. The van der Waals surface area contributed by atoms with Crippen molar-refractivity contribution in [2.45, 2.75) is 36.8 Å². The Balaban J connectivity index is 1.77. The average molecular weight is 376 g/mol. The lowest BCUT2D eigenvalue weighted by molar-refractivity contribution is 0.00934. The van der Waals surface area contributed by atoms with Crippen LogP contribution in [0.15, 0.2) is 60.8 Å². The second-order valence-electron chi connectivity index (χ2n) is 8.89. The number of fused-ring (bicyclic) bond motifs is 1. The first-order valence-corrected chi connectivity index (χ1v) is 10.4. The second-order valence-corrected chi connectivity index (χ2v) is 8.89. The Bertz CT molecular complexity index is 944. The lowest BCUT2D eigenvalue weighted by Crippen LogP contribution is -2.52. The van der Waals surface area contributed by atoms with Crippen molar-refractivity contribution >= 4 is 10.9 Å². The third-order valence-corrected chi connectivity index (χ3v) is 7.33. The molecule has 4 rings (SSSR count). The molecule has 0 saturated heterocycles. The van der Waals surface area contributed by atoms with Crippen molar-refractivity contribution in [2.75, 3.05) is 28.2 Å². The van der Waals surface area contributed by atoms with Gasteiger partial charge in [0, 0.05) is 35.2 Å². The Morgan fingerprint density at radius 1 is 0.714 bits per heavy atom. The molecule has 0 bridgehead atoms. The van der Waals surface area contributed by atoms with Crippen LogP contribution in [0.2, 0.25) is 0 Å². The first-order valence-electron chi connectivity index (χ1n) is 10.4. The molecule has 28 heavy (non-hydrogen) atoms. The predicted octanol–water partition coefficient (Wildman–Crippen LogP) is 4.97. The van der Waals surface area contributed by atoms with Crippen LogP contribution in [0.4, 0.5) is 0 Å². The van der Waals surface area contributed by atoms with Crippen molar-refractivity contribution in [3.63, 3.8) is 0 Å². The topological polar surface area (TPSA) is 11.4 Å². The van der Waals surface area contributed by atoms with Crippen LogP contribution >= 0.6 is 0 Å². The first kappa shape index (κ1) is 19.2. The van der Waals surface area contributed by atoms with Crippen molar-refractivity contribution in [3.8, 4) is 0 Å². The summed E-state index contributed by atoms with van der Waals surface area (Å²) < 4.78 is 2.29. The van der Waals surface area contributed by atoms with E-state index in [-0.39, 0.29) is 11.1 Å². The molecule has 2 aromatic carbocycles. The van der Waals surface area contributed by atoms with Crippen molar-refractivity contribution in [2.24, 2.45) is 7.05 Å². The Labute approximate surface area is 169 Å². The van der Waals surface area contributed by atoms with Crippen LogP contribution in [0, 0.1) is 0 Å². The highest BCUT2D eigenvalue weighted by Gasteiger charge is 2.47. The Hall–Kier alpha value is -2.10. The molecule has 3 heteroatoms. The number of rotatable bonds is 4. The summed E-state index contributed by atoms with van der Waals surface area (Å²) in [5, 5.41) is 1.40. The number of nitrogens with zero attached hydrogens (tertiary/aromatic N) is 3. The zero-order chi connectivity index (χ0) is 19.9. The van der Waals surface area contributed by atoms with Crippen LogP contribution in [0.25, 0.3) is 10.9 Å². The monoisotopic (exact) mass is 375 g/mol. The molecule has 3 nitrogen and oxygen atoms in total. The van der Waals surface area contributed by atoms with Gasteiger partial charge in [0.05, 0.1) is 0 Å².